The molecule has 0 radical (unpaired) electrons. The van der Waals surface area contributed by atoms with Crippen molar-refractivity contribution < 1.29 is 8.42 Å². The van der Waals surface area contributed by atoms with Gasteiger partial charge in [0.15, 0.2) is 9.84 Å². The Morgan fingerprint density at radius 2 is 0.963 bits per heavy atom. The lowest BCUT2D eigenvalue weighted by Crippen LogP contribution is -2.43. The van der Waals surface area contributed by atoms with Crippen LogP contribution in [0.3, 0.4) is 0 Å². The largest absolute Gasteiger partial charge is 0.228 e. The van der Waals surface area contributed by atoms with Crippen LogP contribution in [-0.2, 0) is 9.84 Å². The van der Waals surface area contributed by atoms with Crippen molar-refractivity contribution in [3.63, 3.8) is 0 Å². The zero-order valence-electron chi connectivity index (χ0n) is 18.3. The van der Waals surface area contributed by atoms with Crippen molar-refractivity contribution in [2.45, 2.75) is 128 Å². The third-order valence-corrected chi connectivity index (χ3v) is 9.09. The van der Waals surface area contributed by atoms with Crippen LogP contribution in [0.1, 0.15) is 118 Å². The standard InChI is InChI=1S/C24H42O2S/c1-5-9-13-19-17-23(21(19)15-11-7-3)27(25,26)24-18-20(14-10-6-2)22(24)16-12-8-4/h23-24H,5-18H2,1-4H3. The van der Waals surface area contributed by atoms with Gasteiger partial charge >= 0.3 is 0 Å². The lowest BCUT2D eigenvalue weighted by atomic mass is 9.81. The zero-order valence-corrected chi connectivity index (χ0v) is 19.1. The fraction of sp³-hybridized carbons (Fsp3) is 0.833. The van der Waals surface area contributed by atoms with Gasteiger partial charge in [0, 0.05) is 0 Å². The molecule has 0 bridgehead atoms. The minimum atomic E-state index is -3.06. The molecule has 2 unspecified atom stereocenters. The van der Waals surface area contributed by atoms with Crippen LogP contribution < -0.4 is 0 Å². The lowest BCUT2D eigenvalue weighted by molar-refractivity contribution is 0.533. The molecule has 2 aliphatic carbocycles. The maximum Gasteiger partial charge on any atom is 0.164 e. The van der Waals surface area contributed by atoms with Crippen molar-refractivity contribution in [2.75, 3.05) is 0 Å². The third-order valence-electron chi connectivity index (χ3n) is 6.61. The van der Waals surface area contributed by atoms with Gasteiger partial charge in [-0.2, -0.15) is 0 Å². The van der Waals surface area contributed by atoms with Gasteiger partial charge in [0.05, 0.1) is 10.5 Å². The van der Waals surface area contributed by atoms with Gasteiger partial charge in [0.2, 0.25) is 0 Å². The van der Waals surface area contributed by atoms with Crippen molar-refractivity contribution in [3.8, 4) is 0 Å². The Bertz CT molecular complexity index is 589. The molecule has 0 aromatic carbocycles. The quantitative estimate of drug-likeness (QED) is 0.290. The predicted octanol–water partition coefficient (Wildman–Crippen LogP) is 7.30. The van der Waals surface area contributed by atoms with Crippen LogP contribution in [-0.4, -0.2) is 18.9 Å². The fourth-order valence-electron chi connectivity index (χ4n) is 4.69. The van der Waals surface area contributed by atoms with E-state index in [0.29, 0.717) is 0 Å². The molecule has 2 aliphatic rings. The van der Waals surface area contributed by atoms with Crippen LogP contribution in [0.2, 0.25) is 0 Å². The summed E-state index contributed by atoms with van der Waals surface area (Å²) in [4.78, 5) is 0. The molecule has 0 spiro atoms. The molecule has 0 heterocycles. The Balaban J connectivity index is 2.16. The van der Waals surface area contributed by atoms with Gasteiger partial charge in [-0.3, -0.25) is 0 Å². The fourth-order valence-corrected chi connectivity index (χ4v) is 7.32. The highest BCUT2D eigenvalue weighted by Crippen LogP contribution is 2.47. The lowest BCUT2D eigenvalue weighted by Gasteiger charge is -2.41. The Labute approximate surface area is 168 Å². The topological polar surface area (TPSA) is 34.1 Å². The second kappa shape index (κ2) is 10.8. The van der Waals surface area contributed by atoms with E-state index in [4.69, 9.17) is 0 Å². The van der Waals surface area contributed by atoms with Gasteiger partial charge in [-0.15, -0.1) is 0 Å². The number of sulfone groups is 1. The normalized spacial score (nSPS) is 22.8. The maximum absolute atomic E-state index is 13.5. The molecule has 27 heavy (non-hydrogen) atoms. The van der Waals surface area contributed by atoms with Crippen LogP contribution in [0, 0.1) is 0 Å². The van der Waals surface area contributed by atoms with Crippen LogP contribution in [0.4, 0.5) is 0 Å². The van der Waals surface area contributed by atoms with E-state index in [9.17, 15) is 8.42 Å². The van der Waals surface area contributed by atoms with E-state index in [-0.39, 0.29) is 10.5 Å². The molecule has 3 heteroatoms. The van der Waals surface area contributed by atoms with Crippen molar-refractivity contribution in [1.82, 2.24) is 0 Å². The van der Waals surface area contributed by atoms with E-state index in [1.807, 2.05) is 0 Å². The predicted molar refractivity (Wildman–Crippen MR) is 118 cm³/mol. The van der Waals surface area contributed by atoms with E-state index in [1.165, 1.54) is 48.0 Å². The molecule has 0 saturated heterocycles. The smallest absolute Gasteiger partial charge is 0.164 e. The Morgan fingerprint density at radius 1 is 0.630 bits per heavy atom. The Hall–Kier alpha value is -0.570. The molecule has 0 aromatic rings. The summed E-state index contributed by atoms with van der Waals surface area (Å²) in [6.45, 7) is 8.84. The van der Waals surface area contributed by atoms with Gasteiger partial charge in [0.1, 0.15) is 0 Å². The number of hydrogen-bond donors (Lipinski definition) is 0. The highest BCUT2D eigenvalue weighted by Gasteiger charge is 2.47. The van der Waals surface area contributed by atoms with E-state index >= 15 is 0 Å². The van der Waals surface area contributed by atoms with E-state index in [1.54, 1.807) is 0 Å². The molecular formula is C24H42O2S. The monoisotopic (exact) mass is 394 g/mol. The average Bonchev–Trinajstić information content (AvgIpc) is 2.60. The highest BCUT2D eigenvalue weighted by molar-refractivity contribution is 7.93. The first kappa shape index (κ1) is 22.7. The van der Waals surface area contributed by atoms with E-state index < -0.39 is 9.84 Å². The van der Waals surface area contributed by atoms with Gasteiger partial charge in [-0.1, -0.05) is 75.7 Å². The van der Waals surface area contributed by atoms with Gasteiger partial charge in [0.25, 0.3) is 0 Å². The number of rotatable bonds is 14. The van der Waals surface area contributed by atoms with Crippen molar-refractivity contribution >= 4 is 9.84 Å². The molecule has 2 rings (SSSR count). The summed E-state index contributed by atoms with van der Waals surface area (Å²) in [5.74, 6) is 0. The molecule has 0 amide bonds. The molecule has 2 atom stereocenters. The first-order valence-corrected chi connectivity index (χ1v) is 13.3. The summed E-state index contributed by atoms with van der Waals surface area (Å²) in [6.07, 6.45) is 15.2. The summed E-state index contributed by atoms with van der Waals surface area (Å²) in [5, 5.41) is -0.324. The summed E-state index contributed by atoms with van der Waals surface area (Å²) in [5.41, 5.74) is 5.57. The van der Waals surface area contributed by atoms with E-state index in [0.717, 1.165) is 64.2 Å². The van der Waals surface area contributed by atoms with Gasteiger partial charge < -0.3 is 0 Å². The van der Waals surface area contributed by atoms with Crippen LogP contribution in [0.5, 0.6) is 0 Å². The Kier molecular flexibility index (Phi) is 9.11. The van der Waals surface area contributed by atoms with Gasteiger partial charge in [-0.05, 0) is 64.2 Å². The zero-order chi connectivity index (χ0) is 19.9. The minimum absolute atomic E-state index is 0.162. The SMILES string of the molecule is CCCCC1=C(CCCC)C(S(=O)(=O)C2CC(CCCC)=C2CCCC)C1. The van der Waals surface area contributed by atoms with Crippen molar-refractivity contribution in [3.05, 3.63) is 22.3 Å². The second-order valence-corrected chi connectivity index (χ2v) is 11.0. The number of allylic oxidation sites excluding steroid dienone is 2. The second-order valence-electron chi connectivity index (χ2n) is 8.65. The number of hydrogen-bond acceptors (Lipinski definition) is 2. The Morgan fingerprint density at radius 3 is 1.30 bits per heavy atom. The maximum atomic E-state index is 13.5. The third kappa shape index (κ3) is 5.28. The molecule has 0 saturated carbocycles. The molecule has 0 aliphatic heterocycles. The molecule has 156 valence electrons. The van der Waals surface area contributed by atoms with E-state index in [2.05, 4.69) is 27.7 Å². The summed E-state index contributed by atoms with van der Waals surface area (Å²) in [6, 6.07) is 0. The van der Waals surface area contributed by atoms with Crippen molar-refractivity contribution in [2.24, 2.45) is 0 Å². The highest BCUT2D eigenvalue weighted by atomic mass is 32.2. The molecule has 0 fully saturated rings. The van der Waals surface area contributed by atoms with Crippen molar-refractivity contribution in [1.29, 1.82) is 0 Å². The summed E-state index contributed by atoms with van der Waals surface area (Å²) in [7, 11) is -3.06. The summed E-state index contributed by atoms with van der Waals surface area (Å²) < 4.78 is 27.0. The first-order chi connectivity index (χ1) is 13.0. The minimum Gasteiger partial charge on any atom is -0.228 e. The molecular weight excluding hydrogens is 352 g/mol. The van der Waals surface area contributed by atoms with Gasteiger partial charge in [-0.25, -0.2) is 8.42 Å². The van der Waals surface area contributed by atoms with Crippen LogP contribution in [0.15, 0.2) is 22.3 Å². The molecule has 2 nitrogen and oxygen atoms in total. The van der Waals surface area contributed by atoms with Crippen LogP contribution >= 0.6 is 0 Å². The van der Waals surface area contributed by atoms with Crippen LogP contribution in [0.25, 0.3) is 0 Å². The molecule has 0 N–H and O–H groups in total. The average molecular weight is 395 g/mol. The molecule has 0 aromatic heterocycles. The number of unbranched alkanes of at least 4 members (excludes halogenated alkanes) is 4. The first-order valence-electron chi connectivity index (χ1n) is 11.6. The summed E-state index contributed by atoms with van der Waals surface area (Å²) >= 11 is 0.